The molecular weight excluding hydrogens is 498 g/mol. The minimum Gasteiger partial charge on any atom is -0.480 e. The summed E-state index contributed by atoms with van der Waals surface area (Å²) in [6, 6.07) is 5.27. The number of allylic oxidation sites excluding steroid dienone is 1. The fourth-order valence-corrected chi connectivity index (χ4v) is 4.36. The van der Waals surface area contributed by atoms with Crippen molar-refractivity contribution in [3.63, 3.8) is 0 Å². The molecular formula is C25H37N5O8. The number of rotatable bonds is 10. The van der Waals surface area contributed by atoms with E-state index in [1.54, 1.807) is 63.8 Å². The number of hydrogen-bond acceptors (Lipinski definition) is 10. The van der Waals surface area contributed by atoms with Crippen LogP contribution >= 0.6 is 0 Å². The summed E-state index contributed by atoms with van der Waals surface area (Å²) in [7, 11) is 0. The van der Waals surface area contributed by atoms with Crippen LogP contribution in [-0.4, -0.2) is 129 Å². The maximum absolute atomic E-state index is 12.0. The minimum atomic E-state index is -1.04. The van der Waals surface area contributed by atoms with Gasteiger partial charge in [-0.2, -0.15) is 0 Å². The summed E-state index contributed by atoms with van der Waals surface area (Å²) in [6.07, 6.45) is 2.15. The lowest BCUT2D eigenvalue weighted by atomic mass is 10.0. The van der Waals surface area contributed by atoms with Gasteiger partial charge < -0.3 is 25.3 Å². The first-order valence-electron chi connectivity index (χ1n) is 12.4. The van der Waals surface area contributed by atoms with Gasteiger partial charge in [-0.15, -0.1) is 4.91 Å². The number of aliphatic hydroxyl groups excluding tert-OH is 1. The predicted octanol–water partition coefficient (Wildman–Crippen LogP) is 0.713. The van der Waals surface area contributed by atoms with Crippen LogP contribution in [0.4, 0.5) is 5.69 Å². The molecule has 0 amide bonds. The van der Waals surface area contributed by atoms with E-state index >= 15 is 0 Å². The maximum atomic E-state index is 12.0. The quantitative estimate of drug-likeness (QED) is 0.309. The molecule has 1 aromatic rings. The van der Waals surface area contributed by atoms with Gasteiger partial charge >= 0.3 is 17.9 Å². The van der Waals surface area contributed by atoms with E-state index in [0.717, 1.165) is 5.56 Å². The third kappa shape index (κ3) is 9.82. The van der Waals surface area contributed by atoms with Gasteiger partial charge in [0.05, 0.1) is 13.3 Å². The standard InChI is InChI=1S/C25H37N5O8/c1-18-7-8-29(19(2)25(36)37)14-22(13-20-3-5-21(26-38)6-4-20)30(16-24(34)35)12-10-27(17-31)9-11-28(18)15-23(32)33/h3-7,19,22,31H,8-17H2,1-2H3,(H,32,33)(H,34,35)(H,36,37). The van der Waals surface area contributed by atoms with E-state index in [1.807, 2.05) is 0 Å². The molecule has 0 bridgehead atoms. The number of nitroso groups, excluding NO2 is 1. The van der Waals surface area contributed by atoms with Crippen molar-refractivity contribution < 1.29 is 34.8 Å². The summed E-state index contributed by atoms with van der Waals surface area (Å²) in [5.41, 5.74) is 1.74. The van der Waals surface area contributed by atoms with E-state index in [9.17, 15) is 39.7 Å². The number of aliphatic hydroxyl groups is 1. The molecule has 0 aromatic heterocycles. The predicted molar refractivity (Wildman–Crippen MR) is 139 cm³/mol. The molecule has 2 atom stereocenters. The normalized spacial score (nSPS) is 19.9. The minimum absolute atomic E-state index is 0.199. The number of nitrogens with zero attached hydrogens (tertiary/aromatic N) is 5. The summed E-state index contributed by atoms with van der Waals surface area (Å²) in [4.78, 5) is 52.9. The molecule has 0 saturated carbocycles. The average molecular weight is 536 g/mol. The Kier molecular flexibility index (Phi) is 12.3. The average Bonchev–Trinajstić information content (AvgIpc) is 2.88. The van der Waals surface area contributed by atoms with E-state index in [-0.39, 0.29) is 45.1 Å². The monoisotopic (exact) mass is 535 g/mol. The van der Waals surface area contributed by atoms with Gasteiger partial charge in [0.2, 0.25) is 0 Å². The highest BCUT2D eigenvalue weighted by Gasteiger charge is 2.29. The maximum Gasteiger partial charge on any atom is 0.323 e. The van der Waals surface area contributed by atoms with Crippen LogP contribution in [0.25, 0.3) is 0 Å². The summed E-state index contributed by atoms with van der Waals surface area (Å²) in [5, 5.41) is 41.6. The number of benzene rings is 1. The first-order valence-corrected chi connectivity index (χ1v) is 12.4. The zero-order valence-electron chi connectivity index (χ0n) is 21.8. The number of carbonyl (C=O) groups is 3. The lowest BCUT2D eigenvalue weighted by Crippen LogP contribution is -2.52. The van der Waals surface area contributed by atoms with Crippen LogP contribution < -0.4 is 0 Å². The Bertz CT molecular complexity index is 986. The molecule has 13 heteroatoms. The number of hydrogen-bond donors (Lipinski definition) is 4. The topological polar surface area (TPSA) is 175 Å². The molecule has 0 fully saturated rings. The van der Waals surface area contributed by atoms with Gasteiger partial charge in [-0.1, -0.05) is 18.2 Å². The highest BCUT2D eigenvalue weighted by Crippen LogP contribution is 2.18. The van der Waals surface area contributed by atoms with E-state index < -0.39 is 30.0 Å². The van der Waals surface area contributed by atoms with E-state index in [4.69, 9.17) is 0 Å². The molecule has 1 aliphatic rings. The molecule has 210 valence electrons. The second-order valence-corrected chi connectivity index (χ2v) is 9.37. The Morgan fingerprint density at radius 2 is 1.63 bits per heavy atom. The van der Waals surface area contributed by atoms with Crippen molar-refractivity contribution in [2.45, 2.75) is 32.4 Å². The van der Waals surface area contributed by atoms with Crippen LogP contribution in [-0.2, 0) is 20.8 Å². The van der Waals surface area contributed by atoms with Crippen molar-refractivity contribution in [3.8, 4) is 0 Å². The summed E-state index contributed by atoms with van der Waals surface area (Å²) in [5.74, 6) is -3.10. The molecule has 38 heavy (non-hydrogen) atoms. The van der Waals surface area contributed by atoms with Gasteiger partial charge in [0.15, 0.2) is 0 Å². The zero-order valence-corrected chi connectivity index (χ0v) is 21.8. The van der Waals surface area contributed by atoms with Crippen LogP contribution in [0.3, 0.4) is 0 Å². The van der Waals surface area contributed by atoms with Crippen molar-refractivity contribution in [2.75, 3.05) is 59.1 Å². The highest BCUT2D eigenvalue weighted by atomic mass is 16.4. The lowest BCUT2D eigenvalue weighted by molar-refractivity contribution is -0.143. The van der Waals surface area contributed by atoms with Crippen molar-refractivity contribution in [3.05, 3.63) is 46.5 Å². The Balaban J connectivity index is 2.50. The molecule has 0 aliphatic carbocycles. The molecule has 13 nitrogen and oxygen atoms in total. The summed E-state index contributed by atoms with van der Waals surface area (Å²) in [6.45, 7) is 4.10. The van der Waals surface area contributed by atoms with Crippen LogP contribution in [0, 0.1) is 4.91 Å². The van der Waals surface area contributed by atoms with Crippen LogP contribution in [0.1, 0.15) is 19.4 Å². The van der Waals surface area contributed by atoms with Crippen LogP contribution in [0.2, 0.25) is 0 Å². The Morgan fingerprint density at radius 1 is 1.00 bits per heavy atom. The molecule has 4 N–H and O–H groups in total. The Morgan fingerprint density at radius 3 is 2.18 bits per heavy atom. The van der Waals surface area contributed by atoms with Crippen molar-refractivity contribution in [1.29, 1.82) is 0 Å². The van der Waals surface area contributed by atoms with Crippen molar-refractivity contribution in [2.24, 2.45) is 5.18 Å². The molecule has 0 radical (unpaired) electrons. The smallest absolute Gasteiger partial charge is 0.323 e. The summed E-state index contributed by atoms with van der Waals surface area (Å²) >= 11 is 0. The van der Waals surface area contributed by atoms with Gasteiger partial charge in [-0.05, 0) is 43.1 Å². The third-order valence-electron chi connectivity index (χ3n) is 6.75. The lowest BCUT2D eigenvalue weighted by Gasteiger charge is -2.37. The van der Waals surface area contributed by atoms with Gasteiger partial charge in [0.1, 0.15) is 18.3 Å². The fraction of sp³-hybridized carbons (Fsp3) is 0.560. The van der Waals surface area contributed by atoms with Gasteiger partial charge in [0, 0.05) is 51.0 Å². The number of aliphatic carboxylic acids is 3. The molecule has 2 rings (SSSR count). The Hall–Kier alpha value is -3.39. The molecule has 1 aliphatic heterocycles. The molecule has 2 unspecified atom stereocenters. The molecule has 1 heterocycles. The Labute approximate surface area is 221 Å². The number of carboxylic acids is 3. The molecule has 0 saturated heterocycles. The molecule has 0 spiro atoms. The largest absolute Gasteiger partial charge is 0.480 e. The van der Waals surface area contributed by atoms with E-state index in [2.05, 4.69) is 5.18 Å². The van der Waals surface area contributed by atoms with Gasteiger partial charge in [0.25, 0.3) is 0 Å². The zero-order chi connectivity index (χ0) is 28.2. The second-order valence-electron chi connectivity index (χ2n) is 9.37. The van der Waals surface area contributed by atoms with Crippen molar-refractivity contribution >= 4 is 23.6 Å². The first kappa shape index (κ1) is 30.8. The highest BCUT2D eigenvalue weighted by molar-refractivity contribution is 5.73. The first-order chi connectivity index (χ1) is 18.0. The van der Waals surface area contributed by atoms with Crippen LogP contribution in [0.5, 0.6) is 0 Å². The number of carboxylic acid groups (broad SMARTS) is 3. The SMILES string of the molecule is CC1=CCN(C(C)C(=O)O)CC(Cc2ccc(N=O)cc2)N(CC(=O)O)CCN(CO)CCN1CC(=O)O. The van der Waals surface area contributed by atoms with Crippen LogP contribution in [0.15, 0.2) is 41.2 Å². The summed E-state index contributed by atoms with van der Waals surface area (Å²) < 4.78 is 0. The van der Waals surface area contributed by atoms with Gasteiger partial charge in [-0.25, -0.2) is 0 Å². The second kappa shape index (κ2) is 15.1. The van der Waals surface area contributed by atoms with Gasteiger partial charge in [-0.3, -0.25) is 29.1 Å². The van der Waals surface area contributed by atoms with E-state index in [0.29, 0.717) is 31.8 Å². The van der Waals surface area contributed by atoms with Crippen molar-refractivity contribution in [1.82, 2.24) is 19.6 Å². The van der Waals surface area contributed by atoms with E-state index in [1.165, 1.54) is 0 Å². The fourth-order valence-electron chi connectivity index (χ4n) is 4.36. The third-order valence-corrected chi connectivity index (χ3v) is 6.75. The molecule has 1 aromatic carbocycles.